The first-order valence-corrected chi connectivity index (χ1v) is 7.51. The highest BCUT2D eigenvalue weighted by atomic mass is 14.8. The molecule has 0 aromatic heterocycles. The van der Waals surface area contributed by atoms with Gasteiger partial charge in [0.05, 0.1) is 0 Å². The summed E-state index contributed by atoms with van der Waals surface area (Å²) in [6, 6.07) is 11.0. The Balaban J connectivity index is 2.61. The monoisotopic (exact) mass is 247 g/mol. The zero-order valence-corrected chi connectivity index (χ0v) is 12.3. The van der Waals surface area contributed by atoms with Crippen LogP contribution in [0.2, 0.25) is 0 Å². The fourth-order valence-electron chi connectivity index (χ4n) is 2.69. The third-order valence-electron chi connectivity index (χ3n) is 3.88. The van der Waals surface area contributed by atoms with E-state index in [1.165, 1.54) is 37.7 Å². The van der Waals surface area contributed by atoms with Gasteiger partial charge in [-0.15, -0.1) is 0 Å². The highest BCUT2D eigenvalue weighted by Crippen LogP contribution is 2.28. The first-order chi connectivity index (χ1) is 8.81. The van der Waals surface area contributed by atoms with Crippen molar-refractivity contribution in [3.63, 3.8) is 0 Å². The molecule has 1 aromatic carbocycles. The quantitative estimate of drug-likeness (QED) is 0.672. The summed E-state index contributed by atoms with van der Waals surface area (Å²) in [4.78, 5) is 0. The van der Waals surface area contributed by atoms with Crippen LogP contribution in [0, 0.1) is 5.92 Å². The van der Waals surface area contributed by atoms with Gasteiger partial charge < -0.3 is 5.32 Å². The molecule has 0 fully saturated rings. The molecule has 0 bridgehead atoms. The summed E-state index contributed by atoms with van der Waals surface area (Å²) < 4.78 is 0. The van der Waals surface area contributed by atoms with Crippen LogP contribution in [0.1, 0.15) is 57.4 Å². The smallest absolute Gasteiger partial charge is 0.00172 e. The maximum Gasteiger partial charge on any atom is 0.00172 e. The standard InChI is InChI=1S/C17H29N/c1-4-6-10-15(5-2)13-17(14-18-3)16-11-8-7-9-12-16/h7-9,11-12,15,17-18H,4-6,10,13-14H2,1-3H3. The van der Waals surface area contributed by atoms with Crippen LogP contribution in [0.25, 0.3) is 0 Å². The van der Waals surface area contributed by atoms with Crippen LogP contribution in [-0.2, 0) is 0 Å². The van der Waals surface area contributed by atoms with Gasteiger partial charge in [-0.3, -0.25) is 0 Å². The molecule has 0 saturated carbocycles. The van der Waals surface area contributed by atoms with Gasteiger partial charge in [0.25, 0.3) is 0 Å². The lowest BCUT2D eigenvalue weighted by Gasteiger charge is -2.23. The molecule has 0 saturated heterocycles. The van der Waals surface area contributed by atoms with E-state index >= 15 is 0 Å². The van der Waals surface area contributed by atoms with Crippen molar-refractivity contribution >= 4 is 0 Å². The Hall–Kier alpha value is -0.820. The molecule has 0 heterocycles. The summed E-state index contributed by atoms with van der Waals surface area (Å²) in [7, 11) is 2.06. The van der Waals surface area contributed by atoms with Crippen LogP contribution in [0.3, 0.4) is 0 Å². The minimum atomic E-state index is 0.665. The van der Waals surface area contributed by atoms with E-state index in [0.717, 1.165) is 12.5 Å². The molecule has 1 N–H and O–H groups in total. The number of rotatable bonds is 9. The van der Waals surface area contributed by atoms with Gasteiger partial charge in [0.2, 0.25) is 0 Å². The second kappa shape index (κ2) is 9.16. The Morgan fingerprint density at radius 3 is 2.39 bits per heavy atom. The van der Waals surface area contributed by atoms with E-state index < -0.39 is 0 Å². The maximum atomic E-state index is 3.35. The fourth-order valence-corrected chi connectivity index (χ4v) is 2.69. The largest absolute Gasteiger partial charge is 0.319 e. The van der Waals surface area contributed by atoms with E-state index in [-0.39, 0.29) is 0 Å². The van der Waals surface area contributed by atoms with E-state index in [4.69, 9.17) is 0 Å². The summed E-state index contributed by atoms with van der Waals surface area (Å²) in [6.45, 7) is 5.71. The van der Waals surface area contributed by atoms with E-state index in [1.54, 1.807) is 0 Å². The predicted octanol–water partition coefficient (Wildman–Crippen LogP) is 4.60. The molecule has 0 aliphatic rings. The van der Waals surface area contributed by atoms with Gasteiger partial charge in [0, 0.05) is 6.54 Å². The molecular formula is C17H29N. The van der Waals surface area contributed by atoms with Crippen LogP contribution >= 0.6 is 0 Å². The molecule has 1 heteroatoms. The molecule has 2 atom stereocenters. The molecule has 0 amide bonds. The summed E-state index contributed by atoms with van der Waals surface area (Å²) in [5.41, 5.74) is 1.49. The second-order valence-corrected chi connectivity index (χ2v) is 5.32. The third kappa shape index (κ3) is 5.22. The fraction of sp³-hybridized carbons (Fsp3) is 0.647. The van der Waals surface area contributed by atoms with Gasteiger partial charge in [0.15, 0.2) is 0 Å². The molecule has 102 valence electrons. The van der Waals surface area contributed by atoms with E-state index in [1.807, 2.05) is 0 Å². The van der Waals surface area contributed by atoms with Gasteiger partial charge in [-0.05, 0) is 30.9 Å². The summed E-state index contributed by atoms with van der Waals surface area (Å²) >= 11 is 0. The second-order valence-electron chi connectivity index (χ2n) is 5.32. The molecule has 18 heavy (non-hydrogen) atoms. The van der Waals surface area contributed by atoms with Crippen molar-refractivity contribution in [3.05, 3.63) is 35.9 Å². The van der Waals surface area contributed by atoms with Crippen LogP contribution in [-0.4, -0.2) is 13.6 Å². The Morgan fingerprint density at radius 1 is 1.11 bits per heavy atom. The molecule has 0 radical (unpaired) electrons. The lowest BCUT2D eigenvalue weighted by Crippen LogP contribution is -2.20. The van der Waals surface area contributed by atoms with Gasteiger partial charge in [-0.1, -0.05) is 69.9 Å². The highest BCUT2D eigenvalue weighted by molar-refractivity contribution is 5.19. The van der Waals surface area contributed by atoms with Crippen LogP contribution in [0.5, 0.6) is 0 Å². The molecular weight excluding hydrogens is 218 g/mol. The zero-order chi connectivity index (χ0) is 13.2. The molecule has 0 spiro atoms. The lowest BCUT2D eigenvalue weighted by molar-refractivity contribution is 0.380. The Bertz CT molecular complexity index is 294. The van der Waals surface area contributed by atoms with Crippen LogP contribution in [0.15, 0.2) is 30.3 Å². The SMILES string of the molecule is CCCCC(CC)CC(CNC)c1ccccc1. The van der Waals surface area contributed by atoms with E-state index in [2.05, 4.69) is 56.5 Å². The number of unbranched alkanes of at least 4 members (excludes halogenated alkanes) is 1. The zero-order valence-electron chi connectivity index (χ0n) is 12.3. The molecule has 0 aliphatic heterocycles. The highest BCUT2D eigenvalue weighted by Gasteiger charge is 2.16. The summed E-state index contributed by atoms with van der Waals surface area (Å²) in [5.74, 6) is 1.54. The molecule has 1 nitrogen and oxygen atoms in total. The Kier molecular flexibility index (Phi) is 7.75. The van der Waals surface area contributed by atoms with E-state index in [0.29, 0.717) is 5.92 Å². The first-order valence-electron chi connectivity index (χ1n) is 7.51. The van der Waals surface area contributed by atoms with Crippen LogP contribution < -0.4 is 5.32 Å². The van der Waals surface area contributed by atoms with Crippen molar-refractivity contribution in [1.82, 2.24) is 5.32 Å². The predicted molar refractivity (Wildman–Crippen MR) is 81.0 cm³/mol. The molecule has 0 aliphatic carbocycles. The van der Waals surface area contributed by atoms with Gasteiger partial charge >= 0.3 is 0 Å². The van der Waals surface area contributed by atoms with Gasteiger partial charge in [-0.25, -0.2) is 0 Å². The minimum absolute atomic E-state index is 0.665. The maximum absolute atomic E-state index is 3.35. The third-order valence-corrected chi connectivity index (χ3v) is 3.88. The number of nitrogens with one attached hydrogen (secondary N) is 1. The lowest BCUT2D eigenvalue weighted by atomic mass is 9.85. The van der Waals surface area contributed by atoms with Crippen molar-refractivity contribution in [2.24, 2.45) is 5.92 Å². The van der Waals surface area contributed by atoms with Crippen molar-refractivity contribution in [1.29, 1.82) is 0 Å². The van der Waals surface area contributed by atoms with Crippen molar-refractivity contribution < 1.29 is 0 Å². The summed E-state index contributed by atoms with van der Waals surface area (Å²) in [5, 5.41) is 3.35. The molecule has 1 aromatic rings. The van der Waals surface area contributed by atoms with Crippen LogP contribution in [0.4, 0.5) is 0 Å². The molecule has 2 unspecified atom stereocenters. The number of likely N-dealkylation sites (N-methyl/N-ethyl adjacent to an activating group) is 1. The van der Waals surface area contributed by atoms with Crippen molar-refractivity contribution in [2.75, 3.05) is 13.6 Å². The molecule has 1 rings (SSSR count). The average molecular weight is 247 g/mol. The normalized spacial score (nSPS) is 14.4. The topological polar surface area (TPSA) is 12.0 Å². The first kappa shape index (κ1) is 15.2. The number of benzene rings is 1. The van der Waals surface area contributed by atoms with Crippen molar-refractivity contribution in [3.8, 4) is 0 Å². The van der Waals surface area contributed by atoms with E-state index in [9.17, 15) is 0 Å². The summed E-state index contributed by atoms with van der Waals surface area (Å²) in [6.07, 6.45) is 6.71. The number of hydrogen-bond donors (Lipinski definition) is 1. The number of hydrogen-bond acceptors (Lipinski definition) is 1. The average Bonchev–Trinajstić information content (AvgIpc) is 2.43. The van der Waals surface area contributed by atoms with Gasteiger partial charge in [0.1, 0.15) is 0 Å². The van der Waals surface area contributed by atoms with Crippen molar-refractivity contribution in [2.45, 2.75) is 51.9 Å². The Labute approximate surface area is 113 Å². The Morgan fingerprint density at radius 2 is 1.83 bits per heavy atom. The minimum Gasteiger partial charge on any atom is -0.319 e. The van der Waals surface area contributed by atoms with Gasteiger partial charge in [-0.2, -0.15) is 0 Å².